The predicted molar refractivity (Wildman–Crippen MR) is 80.6 cm³/mol. The van der Waals surface area contributed by atoms with Crippen molar-refractivity contribution in [1.82, 2.24) is 4.90 Å². The number of hydrogen-bond donors (Lipinski definition) is 0. The highest BCUT2D eigenvalue weighted by Gasteiger charge is 2.28. The molecule has 1 heterocycles. The number of carbonyl (C=O) groups excluding carboxylic acids is 1. The Labute approximate surface area is 126 Å². The SMILES string of the molecule is C#C[C@@H](OC)C1CCN(C(=O)OCc2ccccc2)CC1. The van der Waals surface area contributed by atoms with Gasteiger partial charge in [-0.2, -0.15) is 0 Å². The van der Waals surface area contributed by atoms with Gasteiger partial charge >= 0.3 is 6.09 Å². The highest BCUT2D eigenvalue weighted by atomic mass is 16.6. The first-order valence-electron chi connectivity index (χ1n) is 7.19. The van der Waals surface area contributed by atoms with E-state index in [4.69, 9.17) is 15.9 Å². The summed E-state index contributed by atoms with van der Waals surface area (Å²) in [5.74, 6) is 2.97. The lowest BCUT2D eigenvalue weighted by Crippen LogP contribution is -2.41. The lowest BCUT2D eigenvalue weighted by molar-refractivity contribution is 0.0458. The quantitative estimate of drug-likeness (QED) is 0.799. The third-order valence-corrected chi connectivity index (χ3v) is 3.85. The second-order valence-corrected chi connectivity index (χ2v) is 5.19. The van der Waals surface area contributed by atoms with E-state index < -0.39 is 0 Å². The van der Waals surface area contributed by atoms with Crippen LogP contribution in [0.3, 0.4) is 0 Å². The van der Waals surface area contributed by atoms with E-state index in [1.54, 1.807) is 12.0 Å². The summed E-state index contributed by atoms with van der Waals surface area (Å²) in [6, 6.07) is 9.68. The molecule has 0 aromatic heterocycles. The van der Waals surface area contributed by atoms with Crippen LogP contribution in [0.4, 0.5) is 4.79 Å². The number of rotatable bonds is 4. The lowest BCUT2D eigenvalue weighted by Gasteiger charge is -2.33. The molecule has 4 nitrogen and oxygen atoms in total. The molecule has 2 rings (SSSR count). The monoisotopic (exact) mass is 287 g/mol. The molecule has 0 unspecified atom stereocenters. The highest BCUT2D eigenvalue weighted by Crippen LogP contribution is 2.22. The van der Waals surface area contributed by atoms with Gasteiger partial charge in [0, 0.05) is 20.2 Å². The molecule has 0 spiro atoms. The Hall–Kier alpha value is -1.99. The van der Waals surface area contributed by atoms with Crippen LogP contribution in [-0.4, -0.2) is 37.3 Å². The third kappa shape index (κ3) is 4.24. The van der Waals surface area contributed by atoms with Gasteiger partial charge in [0.15, 0.2) is 0 Å². The fourth-order valence-corrected chi connectivity index (χ4v) is 2.59. The van der Waals surface area contributed by atoms with E-state index in [1.807, 2.05) is 30.3 Å². The van der Waals surface area contributed by atoms with Crippen LogP contribution in [0.1, 0.15) is 18.4 Å². The van der Waals surface area contributed by atoms with Crippen LogP contribution in [-0.2, 0) is 16.1 Å². The molecule has 1 aliphatic heterocycles. The number of nitrogens with zero attached hydrogens (tertiary/aromatic N) is 1. The van der Waals surface area contributed by atoms with Gasteiger partial charge in [-0.15, -0.1) is 6.42 Å². The van der Waals surface area contributed by atoms with E-state index >= 15 is 0 Å². The van der Waals surface area contributed by atoms with Gasteiger partial charge in [0.2, 0.25) is 0 Å². The molecule has 1 saturated heterocycles. The minimum absolute atomic E-state index is 0.160. The summed E-state index contributed by atoms with van der Waals surface area (Å²) in [7, 11) is 1.63. The maximum Gasteiger partial charge on any atom is 0.410 e. The number of amides is 1. The molecule has 0 saturated carbocycles. The Balaban J connectivity index is 1.77. The molecule has 1 aromatic rings. The Morgan fingerprint density at radius 3 is 2.62 bits per heavy atom. The van der Waals surface area contributed by atoms with E-state index in [0.717, 1.165) is 18.4 Å². The number of benzene rings is 1. The average Bonchev–Trinajstić information content (AvgIpc) is 2.55. The molecule has 0 N–H and O–H groups in total. The van der Waals surface area contributed by atoms with Crippen molar-refractivity contribution < 1.29 is 14.3 Å². The van der Waals surface area contributed by atoms with E-state index in [0.29, 0.717) is 25.6 Å². The van der Waals surface area contributed by atoms with Crippen molar-refractivity contribution in [3.8, 4) is 12.3 Å². The zero-order valence-corrected chi connectivity index (χ0v) is 12.3. The smallest absolute Gasteiger partial charge is 0.410 e. The maximum absolute atomic E-state index is 12.0. The molecule has 4 heteroatoms. The van der Waals surface area contributed by atoms with Crippen molar-refractivity contribution in [3.63, 3.8) is 0 Å². The van der Waals surface area contributed by atoms with Gasteiger partial charge in [-0.3, -0.25) is 0 Å². The van der Waals surface area contributed by atoms with Crippen LogP contribution in [0, 0.1) is 18.3 Å². The second kappa shape index (κ2) is 7.70. The molecule has 1 atom stereocenters. The van der Waals surface area contributed by atoms with Crippen molar-refractivity contribution in [2.75, 3.05) is 20.2 Å². The first-order valence-corrected chi connectivity index (χ1v) is 7.19. The van der Waals surface area contributed by atoms with Gasteiger partial charge in [-0.1, -0.05) is 36.3 Å². The average molecular weight is 287 g/mol. The van der Waals surface area contributed by atoms with Crippen molar-refractivity contribution in [3.05, 3.63) is 35.9 Å². The van der Waals surface area contributed by atoms with Gasteiger partial charge in [0.25, 0.3) is 0 Å². The minimum atomic E-state index is -0.257. The Bertz CT molecular complexity index is 487. The summed E-state index contributed by atoms with van der Waals surface area (Å²) in [6.45, 7) is 1.64. The first-order chi connectivity index (χ1) is 10.2. The number of terminal acetylenes is 1. The van der Waals surface area contributed by atoms with Gasteiger partial charge in [-0.25, -0.2) is 4.79 Å². The van der Waals surface area contributed by atoms with Crippen LogP contribution in [0.15, 0.2) is 30.3 Å². The molecule has 112 valence electrons. The van der Waals surface area contributed by atoms with Gasteiger partial charge < -0.3 is 14.4 Å². The summed E-state index contributed by atoms with van der Waals surface area (Å²) in [5.41, 5.74) is 0.993. The van der Waals surface area contributed by atoms with Crippen molar-refractivity contribution in [1.29, 1.82) is 0 Å². The maximum atomic E-state index is 12.0. The predicted octanol–water partition coefficient (Wildman–Crippen LogP) is 2.68. The summed E-state index contributed by atoms with van der Waals surface area (Å²) in [6.07, 6.45) is 6.72. The standard InChI is InChI=1S/C17H21NO3/c1-3-16(20-2)15-9-11-18(12-10-15)17(19)21-13-14-7-5-4-6-8-14/h1,4-8,15-16H,9-13H2,2H3/t16-/m1/s1. The van der Waals surface area contributed by atoms with Crippen LogP contribution < -0.4 is 0 Å². The molecule has 1 aliphatic rings. The molecule has 0 radical (unpaired) electrons. The highest BCUT2D eigenvalue weighted by molar-refractivity contribution is 5.67. The first kappa shape index (κ1) is 15.4. The van der Waals surface area contributed by atoms with Crippen LogP contribution in [0.5, 0.6) is 0 Å². The Kier molecular flexibility index (Phi) is 5.65. The van der Waals surface area contributed by atoms with Crippen LogP contribution in [0.25, 0.3) is 0 Å². The summed E-state index contributed by atoms with van der Waals surface area (Å²) in [4.78, 5) is 13.8. The van der Waals surface area contributed by atoms with Crippen molar-refractivity contribution >= 4 is 6.09 Å². The molecule has 0 aliphatic carbocycles. The summed E-state index contributed by atoms with van der Waals surface area (Å²) in [5, 5.41) is 0. The van der Waals surface area contributed by atoms with E-state index in [1.165, 1.54) is 0 Å². The number of methoxy groups -OCH3 is 1. The van der Waals surface area contributed by atoms with E-state index in [-0.39, 0.29) is 12.2 Å². The zero-order valence-electron chi connectivity index (χ0n) is 12.3. The Morgan fingerprint density at radius 1 is 1.38 bits per heavy atom. The van der Waals surface area contributed by atoms with E-state index in [2.05, 4.69) is 5.92 Å². The second-order valence-electron chi connectivity index (χ2n) is 5.19. The number of hydrogen-bond acceptors (Lipinski definition) is 3. The molecule has 21 heavy (non-hydrogen) atoms. The molecule has 1 amide bonds. The zero-order chi connectivity index (χ0) is 15.1. The number of carbonyl (C=O) groups is 1. The van der Waals surface area contributed by atoms with Crippen LogP contribution in [0.2, 0.25) is 0 Å². The fourth-order valence-electron chi connectivity index (χ4n) is 2.59. The molecule has 1 fully saturated rings. The number of ether oxygens (including phenoxy) is 2. The largest absolute Gasteiger partial charge is 0.445 e. The summed E-state index contributed by atoms with van der Waals surface area (Å²) >= 11 is 0. The Morgan fingerprint density at radius 2 is 2.05 bits per heavy atom. The minimum Gasteiger partial charge on any atom is -0.445 e. The number of piperidine rings is 1. The fraction of sp³-hybridized carbons (Fsp3) is 0.471. The van der Waals surface area contributed by atoms with Crippen molar-refractivity contribution in [2.45, 2.75) is 25.6 Å². The summed E-state index contributed by atoms with van der Waals surface area (Å²) < 4.78 is 10.6. The van der Waals surface area contributed by atoms with E-state index in [9.17, 15) is 4.79 Å². The number of likely N-dealkylation sites (tertiary alicyclic amines) is 1. The topological polar surface area (TPSA) is 38.8 Å². The van der Waals surface area contributed by atoms with Crippen molar-refractivity contribution in [2.24, 2.45) is 5.92 Å². The van der Waals surface area contributed by atoms with Gasteiger partial charge in [0.05, 0.1) is 0 Å². The normalized spacial score (nSPS) is 17.0. The molecule has 1 aromatic carbocycles. The van der Waals surface area contributed by atoms with Gasteiger partial charge in [-0.05, 0) is 24.3 Å². The lowest BCUT2D eigenvalue weighted by atomic mass is 9.92. The van der Waals surface area contributed by atoms with Gasteiger partial charge in [0.1, 0.15) is 12.7 Å². The van der Waals surface area contributed by atoms with Crippen LogP contribution >= 0.6 is 0 Å². The third-order valence-electron chi connectivity index (χ3n) is 3.85. The molecule has 0 bridgehead atoms. The molecular formula is C17H21NO3. The molecular weight excluding hydrogens is 266 g/mol.